The Morgan fingerprint density at radius 3 is 1.89 bits per heavy atom. The molecule has 1 aliphatic rings. The number of esters is 1. The second-order valence-electron chi connectivity index (χ2n) is 12.4. The molecular formula is C37H51NO8. The Hall–Kier alpha value is -3.74. The number of hydrogen-bond donors (Lipinski definition) is 0. The smallest absolute Gasteiger partial charge is 0.316 e. The van der Waals surface area contributed by atoms with Gasteiger partial charge < -0.3 is 33.2 Å². The third kappa shape index (κ3) is 11.3. The molecule has 252 valence electrons. The van der Waals surface area contributed by atoms with Gasteiger partial charge in [0.05, 0.1) is 59.4 Å². The molecule has 0 N–H and O–H groups in total. The van der Waals surface area contributed by atoms with E-state index in [4.69, 9.17) is 33.2 Å². The number of unbranched alkanes of at least 4 members (excludes halogenated alkanes) is 8. The number of benzene rings is 2. The minimum absolute atomic E-state index is 0.240. The maximum absolute atomic E-state index is 12.4. The number of methoxy groups -OCH3 is 3. The first-order valence-electron chi connectivity index (χ1n) is 16.2. The quantitative estimate of drug-likeness (QED) is 0.0656. The molecule has 9 nitrogen and oxygen atoms in total. The van der Waals surface area contributed by atoms with Crippen LogP contribution in [0.2, 0.25) is 0 Å². The number of nitriles is 1. The molecule has 0 atom stereocenters. The van der Waals surface area contributed by atoms with Crippen LogP contribution in [-0.4, -0.2) is 59.5 Å². The zero-order chi connectivity index (χ0) is 33.4. The van der Waals surface area contributed by atoms with E-state index in [2.05, 4.69) is 6.07 Å². The Kier molecular flexibility index (Phi) is 14.7. The second kappa shape index (κ2) is 18.4. The third-order valence-electron chi connectivity index (χ3n) is 8.06. The second-order valence-corrected chi connectivity index (χ2v) is 12.4. The van der Waals surface area contributed by atoms with Gasteiger partial charge in [0.2, 0.25) is 0 Å². The molecule has 0 bridgehead atoms. The van der Waals surface area contributed by atoms with Crippen LogP contribution in [0.4, 0.5) is 0 Å². The van der Waals surface area contributed by atoms with Gasteiger partial charge in [0.25, 0.3) is 0 Å². The van der Waals surface area contributed by atoms with Gasteiger partial charge in [-0.1, -0.05) is 51.0 Å². The monoisotopic (exact) mass is 637 g/mol. The van der Waals surface area contributed by atoms with Gasteiger partial charge in [-0.3, -0.25) is 4.79 Å². The Morgan fingerprint density at radius 2 is 1.30 bits per heavy atom. The molecule has 3 rings (SSSR count). The average molecular weight is 638 g/mol. The van der Waals surface area contributed by atoms with E-state index in [1.54, 1.807) is 33.5 Å². The Balaban J connectivity index is 1.28. The van der Waals surface area contributed by atoms with E-state index in [1.165, 1.54) is 25.7 Å². The highest BCUT2D eigenvalue weighted by molar-refractivity contribution is 5.90. The number of carbonyl (C=O) groups is 1. The van der Waals surface area contributed by atoms with Crippen molar-refractivity contribution in [1.82, 2.24) is 0 Å². The number of hydrogen-bond acceptors (Lipinski definition) is 9. The lowest BCUT2D eigenvalue weighted by Crippen LogP contribution is -2.49. The predicted molar refractivity (Wildman–Crippen MR) is 178 cm³/mol. The molecular weight excluding hydrogens is 586 g/mol. The fourth-order valence-electron chi connectivity index (χ4n) is 5.07. The molecule has 1 saturated heterocycles. The highest BCUT2D eigenvalue weighted by Crippen LogP contribution is 2.33. The van der Waals surface area contributed by atoms with Crippen molar-refractivity contribution in [2.24, 2.45) is 5.41 Å². The molecule has 1 aliphatic heterocycles. The topological polar surface area (TPSA) is 105 Å². The van der Waals surface area contributed by atoms with Crippen molar-refractivity contribution in [2.75, 3.05) is 47.8 Å². The first-order valence-corrected chi connectivity index (χ1v) is 16.2. The van der Waals surface area contributed by atoms with Crippen LogP contribution in [0.25, 0.3) is 11.6 Å². The largest absolute Gasteiger partial charge is 0.493 e. The van der Waals surface area contributed by atoms with Gasteiger partial charge >= 0.3 is 5.97 Å². The van der Waals surface area contributed by atoms with Gasteiger partial charge in [0.15, 0.2) is 28.8 Å². The summed E-state index contributed by atoms with van der Waals surface area (Å²) in [5.74, 6) is 1.61. The van der Waals surface area contributed by atoms with E-state index in [-0.39, 0.29) is 5.97 Å². The highest BCUT2D eigenvalue weighted by atomic mass is 16.7. The fourth-order valence-corrected chi connectivity index (χ4v) is 5.07. The lowest BCUT2D eigenvalue weighted by molar-refractivity contribution is -0.281. The number of carbonyl (C=O) groups excluding carboxylic acids is 1. The molecule has 0 radical (unpaired) electrons. The minimum atomic E-state index is -0.730. The van der Waals surface area contributed by atoms with Gasteiger partial charge in [0, 0.05) is 0 Å². The number of ether oxygens (including phenoxy) is 7. The van der Waals surface area contributed by atoms with Gasteiger partial charge in [-0.05, 0) is 81.1 Å². The lowest BCUT2D eigenvalue weighted by Gasteiger charge is -2.39. The summed E-state index contributed by atoms with van der Waals surface area (Å²) in [6.45, 7) is 7.24. The van der Waals surface area contributed by atoms with Crippen molar-refractivity contribution in [3.8, 4) is 29.1 Å². The van der Waals surface area contributed by atoms with E-state index in [0.717, 1.165) is 43.2 Å². The van der Waals surface area contributed by atoms with Crippen LogP contribution in [0.5, 0.6) is 23.0 Å². The summed E-state index contributed by atoms with van der Waals surface area (Å²) in [5, 5.41) is 9.80. The van der Waals surface area contributed by atoms with E-state index >= 15 is 0 Å². The van der Waals surface area contributed by atoms with Crippen molar-refractivity contribution < 1.29 is 38.0 Å². The van der Waals surface area contributed by atoms with Gasteiger partial charge in [-0.2, -0.15) is 5.26 Å². The third-order valence-corrected chi connectivity index (χ3v) is 8.06. The predicted octanol–water partition coefficient (Wildman–Crippen LogP) is 8.00. The molecule has 0 saturated carbocycles. The summed E-state index contributed by atoms with van der Waals surface area (Å²) in [5.41, 5.74) is 1.34. The molecule has 1 heterocycles. The van der Waals surface area contributed by atoms with E-state index in [9.17, 15) is 10.1 Å². The molecule has 0 unspecified atom stereocenters. The highest BCUT2D eigenvalue weighted by Gasteiger charge is 2.43. The van der Waals surface area contributed by atoms with Gasteiger partial charge in [-0.25, -0.2) is 0 Å². The normalized spacial score (nSPS) is 15.5. The van der Waals surface area contributed by atoms with Crippen molar-refractivity contribution in [1.29, 1.82) is 5.26 Å². The SMILES string of the molecule is COc1ccc(C(C#N)=Cc2ccc(OCCCCCCCCCCCOC(=O)C3(C)COC(C)(C)OC3)c(OC)c2)cc1OC. The van der Waals surface area contributed by atoms with E-state index in [0.29, 0.717) is 55.0 Å². The molecule has 2 aromatic rings. The van der Waals surface area contributed by atoms with E-state index in [1.807, 2.05) is 51.1 Å². The van der Waals surface area contributed by atoms with Crippen LogP contribution in [0.1, 0.15) is 89.7 Å². The Bertz CT molecular complexity index is 1320. The van der Waals surface area contributed by atoms with Crippen molar-refractivity contribution >= 4 is 17.6 Å². The van der Waals surface area contributed by atoms with Crippen LogP contribution in [-0.2, 0) is 19.0 Å². The van der Waals surface area contributed by atoms with Crippen LogP contribution in [0, 0.1) is 16.7 Å². The molecule has 0 spiro atoms. The molecule has 0 aliphatic carbocycles. The summed E-state index contributed by atoms with van der Waals surface area (Å²) in [4.78, 5) is 12.4. The maximum atomic E-state index is 12.4. The van der Waals surface area contributed by atoms with Crippen LogP contribution >= 0.6 is 0 Å². The minimum Gasteiger partial charge on any atom is -0.493 e. The standard InChI is InChI=1S/C37H51NO8/c1-36(2)45-26-37(3,27-46-36)35(39)44-21-15-13-11-9-7-8-10-12-14-20-43-32-18-16-28(23-33(32)41-5)22-30(25-38)29-17-19-31(40-4)34(24-29)42-6/h16-19,22-24H,7-15,20-21,26-27H2,1-6H3. The molecule has 2 aromatic carbocycles. The Labute approximate surface area is 274 Å². The van der Waals surface area contributed by atoms with Gasteiger partial charge in [-0.15, -0.1) is 0 Å². The van der Waals surface area contributed by atoms with Gasteiger partial charge in [0.1, 0.15) is 5.41 Å². The molecule has 46 heavy (non-hydrogen) atoms. The van der Waals surface area contributed by atoms with Crippen LogP contribution in [0.15, 0.2) is 36.4 Å². The zero-order valence-corrected chi connectivity index (χ0v) is 28.4. The molecule has 0 amide bonds. The summed E-state index contributed by atoms with van der Waals surface area (Å²) in [6.07, 6.45) is 11.8. The van der Waals surface area contributed by atoms with Crippen LogP contribution in [0.3, 0.4) is 0 Å². The van der Waals surface area contributed by atoms with Crippen LogP contribution < -0.4 is 18.9 Å². The molecule has 0 aromatic heterocycles. The number of allylic oxidation sites excluding steroid dienone is 1. The van der Waals surface area contributed by atoms with Crippen molar-refractivity contribution in [3.63, 3.8) is 0 Å². The van der Waals surface area contributed by atoms with E-state index < -0.39 is 11.2 Å². The molecule has 1 fully saturated rings. The zero-order valence-electron chi connectivity index (χ0n) is 28.4. The molecule has 9 heteroatoms. The Morgan fingerprint density at radius 1 is 0.761 bits per heavy atom. The first-order chi connectivity index (χ1) is 22.1. The summed E-state index contributed by atoms with van der Waals surface area (Å²) in [6, 6.07) is 13.4. The summed E-state index contributed by atoms with van der Waals surface area (Å²) < 4.78 is 39.0. The average Bonchev–Trinajstić information content (AvgIpc) is 3.07. The lowest BCUT2D eigenvalue weighted by atomic mass is 9.92. The summed E-state index contributed by atoms with van der Waals surface area (Å²) in [7, 11) is 4.77. The summed E-state index contributed by atoms with van der Waals surface area (Å²) >= 11 is 0. The first kappa shape index (κ1) is 36.7. The number of nitrogens with zero attached hydrogens (tertiary/aromatic N) is 1. The fraction of sp³-hybridized carbons (Fsp3) is 0.568. The number of rotatable bonds is 19. The van der Waals surface area contributed by atoms with Crippen molar-refractivity contribution in [3.05, 3.63) is 47.5 Å². The van der Waals surface area contributed by atoms with Crippen molar-refractivity contribution in [2.45, 2.75) is 84.3 Å². The maximum Gasteiger partial charge on any atom is 0.316 e.